The number of benzene rings is 2. The summed E-state index contributed by atoms with van der Waals surface area (Å²) in [4.78, 5) is 11.9. The molecule has 0 spiro atoms. The van der Waals surface area contributed by atoms with Gasteiger partial charge in [-0.2, -0.15) is 5.26 Å². The van der Waals surface area contributed by atoms with E-state index in [-0.39, 0.29) is 12.7 Å². The SMILES string of the molecule is N#Cc1cccc(NC(=O)/C=C/c2ccc3c(c2)OCO3)c1. The Morgan fingerprint density at radius 3 is 2.91 bits per heavy atom. The molecule has 2 aromatic rings. The molecule has 0 unspecified atom stereocenters. The van der Waals surface area contributed by atoms with Crippen molar-refractivity contribution < 1.29 is 14.3 Å². The number of amides is 1. The van der Waals surface area contributed by atoms with E-state index in [4.69, 9.17) is 14.7 Å². The Balaban J connectivity index is 1.67. The van der Waals surface area contributed by atoms with Crippen molar-refractivity contribution in [2.24, 2.45) is 0 Å². The average molecular weight is 292 g/mol. The minimum absolute atomic E-state index is 0.220. The molecule has 0 bridgehead atoms. The third-order valence-corrected chi connectivity index (χ3v) is 3.08. The summed E-state index contributed by atoms with van der Waals surface area (Å²) in [7, 11) is 0. The monoisotopic (exact) mass is 292 g/mol. The average Bonchev–Trinajstić information content (AvgIpc) is 3.00. The summed E-state index contributed by atoms with van der Waals surface area (Å²) in [6.07, 6.45) is 3.11. The van der Waals surface area contributed by atoms with Gasteiger partial charge in [0, 0.05) is 11.8 Å². The summed E-state index contributed by atoms with van der Waals surface area (Å²) in [5.41, 5.74) is 1.92. The van der Waals surface area contributed by atoms with Crippen LogP contribution in [0.1, 0.15) is 11.1 Å². The van der Waals surface area contributed by atoms with Gasteiger partial charge in [-0.3, -0.25) is 4.79 Å². The topological polar surface area (TPSA) is 71.4 Å². The third kappa shape index (κ3) is 3.07. The first-order valence-corrected chi connectivity index (χ1v) is 6.63. The standard InChI is InChI=1S/C17H12N2O3/c18-10-13-2-1-3-14(8-13)19-17(20)7-5-12-4-6-15-16(9-12)22-11-21-15/h1-9H,11H2,(H,19,20)/b7-5+. The van der Waals surface area contributed by atoms with E-state index < -0.39 is 0 Å². The number of carbonyl (C=O) groups excluding carboxylic acids is 1. The van der Waals surface area contributed by atoms with Crippen molar-refractivity contribution in [3.8, 4) is 17.6 Å². The molecule has 0 radical (unpaired) electrons. The van der Waals surface area contributed by atoms with Crippen molar-refractivity contribution in [1.29, 1.82) is 5.26 Å². The van der Waals surface area contributed by atoms with E-state index in [0.29, 0.717) is 22.7 Å². The summed E-state index contributed by atoms with van der Waals surface area (Å²) in [6.45, 7) is 0.220. The van der Waals surface area contributed by atoms with E-state index in [1.165, 1.54) is 6.08 Å². The highest BCUT2D eigenvalue weighted by atomic mass is 16.7. The fourth-order valence-corrected chi connectivity index (χ4v) is 2.04. The Kier molecular flexibility index (Phi) is 3.75. The molecule has 108 valence electrons. The van der Waals surface area contributed by atoms with Crippen LogP contribution in [0, 0.1) is 11.3 Å². The molecule has 0 aromatic heterocycles. The molecule has 1 aliphatic heterocycles. The highest BCUT2D eigenvalue weighted by Crippen LogP contribution is 2.32. The molecule has 0 saturated heterocycles. The summed E-state index contributed by atoms with van der Waals surface area (Å²) in [5.74, 6) is 1.10. The first kappa shape index (κ1) is 13.7. The van der Waals surface area contributed by atoms with Gasteiger partial charge < -0.3 is 14.8 Å². The van der Waals surface area contributed by atoms with Gasteiger partial charge in [0.2, 0.25) is 12.7 Å². The molecule has 5 heteroatoms. The van der Waals surface area contributed by atoms with Gasteiger partial charge in [0.25, 0.3) is 0 Å². The van der Waals surface area contributed by atoms with Crippen LogP contribution in [-0.2, 0) is 4.79 Å². The van der Waals surface area contributed by atoms with Crippen LogP contribution in [0.4, 0.5) is 5.69 Å². The van der Waals surface area contributed by atoms with Gasteiger partial charge in [0.1, 0.15) is 0 Å². The lowest BCUT2D eigenvalue weighted by atomic mass is 10.2. The fourth-order valence-electron chi connectivity index (χ4n) is 2.04. The zero-order valence-electron chi connectivity index (χ0n) is 11.6. The van der Waals surface area contributed by atoms with E-state index in [1.807, 2.05) is 18.2 Å². The Hall–Kier alpha value is -3.26. The normalized spacial score (nSPS) is 12.1. The predicted molar refractivity (Wildman–Crippen MR) is 81.4 cm³/mol. The number of hydrogen-bond donors (Lipinski definition) is 1. The van der Waals surface area contributed by atoms with Gasteiger partial charge in [-0.15, -0.1) is 0 Å². The van der Waals surface area contributed by atoms with Crippen molar-refractivity contribution in [1.82, 2.24) is 0 Å². The smallest absolute Gasteiger partial charge is 0.248 e. The fraction of sp³-hybridized carbons (Fsp3) is 0.0588. The molecule has 0 aliphatic carbocycles. The van der Waals surface area contributed by atoms with Crippen LogP contribution in [-0.4, -0.2) is 12.7 Å². The number of hydrogen-bond acceptors (Lipinski definition) is 4. The number of nitrogens with zero attached hydrogens (tertiary/aromatic N) is 1. The number of nitriles is 1. The summed E-state index contributed by atoms with van der Waals surface area (Å²) >= 11 is 0. The molecule has 0 fully saturated rings. The molecular formula is C17H12N2O3. The van der Waals surface area contributed by atoms with Crippen LogP contribution in [0.15, 0.2) is 48.5 Å². The zero-order chi connectivity index (χ0) is 15.4. The lowest BCUT2D eigenvalue weighted by Crippen LogP contribution is -2.07. The molecule has 1 heterocycles. The molecule has 2 aromatic carbocycles. The van der Waals surface area contributed by atoms with Crippen LogP contribution >= 0.6 is 0 Å². The summed E-state index contributed by atoms with van der Waals surface area (Å²) < 4.78 is 10.5. The van der Waals surface area contributed by atoms with Crippen LogP contribution < -0.4 is 14.8 Å². The molecule has 1 N–H and O–H groups in total. The number of nitrogens with one attached hydrogen (secondary N) is 1. The Bertz CT molecular complexity index is 791. The van der Waals surface area contributed by atoms with Crippen molar-refractivity contribution in [2.75, 3.05) is 12.1 Å². The van der Waals surface area contributed by atoms with Crippen molar-refractivity contribution >= 4 is 17.7 Å². The van der Waals surface area contributed by atoms with Crippen LogP contribution in [0.5, 0.6) is 11.5 Å². The second-order valence-corrected chi connectivity index (χ2v) is 4.63. The molecular weight excluding hydrogens is 280 g/mol. The quantitative estimate of drug-likeness (QED) is 0.883. The van der Waals surface area contributed by atoms with E-state index >= 15 is 0 Å². The Labute approximate surface area is 127 Å². The van der Waals surface area contributed by atoms with Gasteiger partial charge in [0.05, 0.1) is 11.6 Å². The van der Waals surface area contributed by atoms with Gasteiger partial charge in [0.15, 0.2) is 11.5 Å². The summed E-state index contributed by atoms with van der Waals surface area (Å²) in [5, 5.41) is 11.5. The predicted octanol–water partition coefficient (Wildman–Crippen LogP) is 2.94. The van der Waals surface area contributed by atoms with E-state index in [2.05, 4.69) is 5.32 Å². The number of carbonyl (C=O) groups is 1. The Morgan fingerprint density at radius 1 is 1.18 bits per heavy atom. The van der Waals surface area contributed by atoms with Gasteiger partial charge in [-0.05, 0) is 42.0 Å². The number of fused-ring (bicyclic) bond motifs is 1. The maximum atomic E-state index is 11.9. The lowest BCUT2D eigenvalue weighted by Gasteiger charge is -2.02. The largest absolute Gasteiger partial charge is 0.454 e. The molecule has 1 amide bonds. The van der Waals surface area contributed by atoms with Crippen molar-refractivity contribution in [2.45, 2.75) is 0 Å². The van der Waals surface area contributed by atoms with Gasteiger partial charge in [-0.1, -0.05) is 12.1 Å². The van der Waals surface area contributed by atoms with E-state index in [0.717, 1.165) is 5.56 Å². The van der Waals surface area contributed by atoms with Crippen molar-refractivity contribution in [3.63, 3.8) is 0 Å². The van der Waals surface area contributed by atoms with E-state index in [1.54, 1.807) is 36.4 Å². The number of ether oxygens (including phenoxy) is 2. The van der Waals surface area contributed by atoms with Crippen LogP contribution in [0.25, 0.3) is 6.08 Å². The second kappa shape index (κ2) is 6.02. The van der Waals surface area contributed by atoms with Crippen molar-refractivity contribution in [3.05, 3.63) is 59.7 Å². The van der Waals surface area contributed by atoms with Crippen LogP contribution in [0.3, 0.4) is 0 Å². The Morgan fingerprint density at radius 2 is 2.05 bits per heavy atom. The van der Waals surface area contributed by atoms with Gasteiger partial charge in [-0.25, -0.2) is 0 Å². The molecule has 3 rings (SSSR count). The number of anilines is 1. The molecule has 5 nitrogen and oxygen atoms in total. The minimum Gasteiger partial charge on any atom is -0.454 e. The maximum absolute atomic E-state index is 11.9. The first-order chi connectivity index (χ1) is 10.7. The van der Waals surface area contributed by atoms with Gasteiger partial charge >= 0.3 is 0 Å². The molecule has 22 heavy (non-hydrogen) atoms. The maximum Gasteiger partial charge on any atom is 0.248 e. The third-order valence-electron chi connectivity index (χ3n) is 3.08. The zero-order valence-corrected chi connectivity index (χ0v) is 11.6. The lowest BCUT2D eigenvalue weighted by molar-refractivity contribution is -0.111. The number of rotatable bonds is 3. The second-order valence-electron chi connectivity index (χ2n) is 4.63. The minimum atomic E-state index is -0.271. The summed E-state index contributed by atoms with van der Waals surface area (Å²) in [6, 6.07) is 14.2. The molecule has 0 saturated carbocycles. The molecule has 0 atom stereocenters. The highest BCUT2D eigenvalue weighted by Gasteiger charge is 2.12. The molecule has 1 aliphatic rings. The van der Waals surface area contributed by atoms with Crippen LogP contribution in [0.2, 0.25) is 0 Å². The highest BCUT2D eigenvalue weighted by molar-refractivity contribution is 6.02. The van der Waals surface area contributed by atoms with E-state index in [9.17, 15) is 4.79 Å². The first-order valence-electron chi connectivity index (χ1n) is 6.63.